The van der Waals surface area contributed by atoms with Crippen LogP contribution in [-0.2, 0) is 33.3 Å². The second-order valence-corrected chi connectivity index (χ2v) is 5.75. The first-order valence-electron chi connectivity index (χ1n) is 6.25. The minimum absolute atomic E-state index is 0.464. The van der Waals surface area contributed by atoms with Gasteiger partial charge in [-0.1, -0.05) is 0 Å². The maximum atomic E-state index is 14.5. The van der Waals surface area contributed by atoms with E-state index in [2.05, 4.69) is 25.4 Å². The third-order valence-electron chi connectivity index (χ3n) is 2.68. The highest BCUT2D eigenvalue weighted by atomic mass is 79.9. The van der Waals surface area contributed by atoms with Gasteiger partial charge in [0.25, 0.3) is 4.70 Å². The molecule has 10 heteroatoms. The fourth-order valence-corrected chi connectivity index (χ4v) is 2.48. The Morgan fingerprint density at radius 1 is 1.18 bits per heavy atom. The van der Waals surface area contributed by atoms with Gasteiger partial charge in [-0.05, 0) is 15.9 Å². The molecule has 5 atom stereocenters. The summed E-state index contributed by atoms with van der Waals surface area (Å²) in [6, 6.07) is 0. The zero-order valence-corrected chi connectivity index (χ0v) is 13.7. The van der Waals surface area contributed by atoms with Crippen LogP contribution in [0.25, 0.3) is 0 Å². The van der Waals surface area contributed by atoms with Crippen LogP contribution >= 0.6 is 15.9 Å². The maximum absolute atomic E-state index is 14.5. The Morgan fingerprint density at radius 2 is 1.73 bits per heavy atom. The van der Waals surface area contributed by atoms with Gasteiger partial charge in [0, 0.05) is 20.8 Å². The topological polar surface area (TPSA) is 108 Å². The molecule has 1 aliphatic heterocycles. The van der Waals surface area contributed by atoms with Crippen molar-refractivity contribution >= 4 is 33.8 Å². The molecular weight excluding hydrogens is 371 g/mol. The van der Waals surface area contributed by atoms with E-state index in [-0.39, 0.29) is 0 Å². The molecule has 0 aromatic heterocycles. The lowest BCUT2D eigenvalue weighted by Crippen LogP contribution is -2.63. The van der Waals surface area contributed by atoms with Gasteiger partial charge < -0.3 is 24.1 Å². The Balaban J connectivity index is 3.00. The SMILES string of the molecule is CC(=O)OC[C@H]1O[C@@](O)(Br)[C@H](OC(C)=O)[C@@H](F)[C@H]1OC(C)=O. The molecule has 1 aliphatic rings. The van der Waals surface area contributed by atoms with Gasteiger partial charge in [0.15, 0.2) is 12.3 Å². The number of esters is 3. The van der Waals surface area contributed by atoms with Gasteiger partial charge in [-0.25, -0.2) is 4.39 Å². The molecule has 0 aliphatic carbocycles. The summed E-state index contributed by atoms with van der Waals surface area (Å²) in [4.78, 5) is 33.0. The Bertz CT molecular complexity index is 452. The molecular formula is C12H16BrFO8. The van der Waals surface area contributed by atoms with Crippen molar-refractivity contribution in [1.29, 1.82) is 0 Å². The number of alkyl halides is 2. The minimum atomic E-state index is -2.36. The Labute approximate surface area is 134 Å². The third-order valence-corrected chi connectivity index (χ3v) is 3.32. The molecule has 1 N–H and O–H groups in total. The lowest BCUT2D eigenvalue weighted by Gasteiger charge is -2.43. The van der Waals surface area contributed by atoms with Crippen molar-refractivity contribution in [3.8, 4) is 0 Å². The fourth-order valence-electron chi connectivity index (χ4n) is 1.90. The van der Waals surface area contributed by atoms with Crippen molar-refractivity contribution in [3.05, 3.63) is 0 Å². The lowest BCUT2D eigenvalue weighted by atomic mass is 10.00. The molecule has 1 heterocycles. The maximum Gasteiger partial charge on any atom is 0.303 e. The van der Waals surface area contributed by atoms with Crippen LogP contribution in [0.3, 0.4) is 0 Å². The highest BCUT2D eigenvalue weighted by molar-refractivity contribution is 9.10. The monoisotopic (exact) mass is 386 g/mol. The van der Waals surface area contributed by atoms with E-state index >= 15 is 0 Å². The van der Waals surface area contributed by atoms with Crippen LogP contribution in [-0.4, -0.2) is 58.8 Å². The van der Waals surface area contributed by atoms with Gasteiger partial charge in [-0.2, -0.15) is 0 Å². The summed E-state index contributed by atoms with van der Waals surface area (Å²) < 4.78 is 31.5. The molecule has 0 unspecified atom stereocenters. The molecule has 1 rings (SSSR count). The summed E-state index contributed by atoms with van der Waals surface area (Å²) in [6.45, 7) is 2.72. The van der Waals surface area contributed by atoms with Crippen LogP contribution in [0.1, 0.15) is 20.8 Å². The van der Waals surface area contributed by atoms with Crippen molar-refractivity contribution in [3.63, 3.8) is 0 Å². The van der Waals surface area contributed by atoms with Crippen LogP contribution in [0.15, 0.2) is 0 Å². The van der Waals surface area contributed by atoms with E-state index in [1.807, 2.05) is 0 Å². The van der Waals surface area contributed by atoms with Crippen molar-refractivity contribution in [2.24, 2.45) is 0 Å². The number of halogens is 2. The summed E-state index contributed by atoms with van der Waals surface area (Å²) in [6.07, 6.45) is -6.70. The van der Waals surface area contributed by atoms with E-state index in [1.54, 1.807) is 0 Å². The number of ether oxygens (including phenoxy) is 4. The molecule has 126 valence electrons. The zero-order valence-electron chi connectivity index (χ0n) is 12.1. The van der Waals surface area contributed by atoms with E-state index < -0.39 is 53.7 Å². The largest absolute Gasteiger partial charge is 0.463 e. The van der Waals surface area contributed by atoms with Crippen LogP contribution in [0.4, 0.5) is 4.39 Å². The zero-order chi connectivity index (χ0) is 17.1. The van der Waals surface area contributed by atoms with Gasteiger partial charge in [-0.15, -0.1) is 0 Å². The Morgan fingerprint density at radius 3 is 2.18 bits per heavy atom. The average Bonchev–Trinajstić information content (AvgIpc) is 2.35. The summed E-state index contributed by atoms with van der Waals surface area (Å²) in [5.41, 5.74) is 0. The first-order chi connectivity index (χ1) is 10.0. The van der Waals surface area contributed by atoms with Crippen molar-refractivity contribution < 1.29 is 42.8 Å². The van der Waals surface area contributed by atoms with E-state index in [0.29, 0.717) is 0 Å². The first kappa shape index (κ1) is 18.8. The number of carbonyl (C=O) groups excluding carboxylic acids is 3. The van der Waals surface area contributed by atoms with E-state index in [9.17, 15) is 23.9 Å². The van der Waals surface area contributed by atoms with Crippen molar-refractivity contribution in [2.45, 2.75) is 50.0 Å². The molecule has 0 saturated carbocycles. The summed E-state index contributed by atoms with van der Waals surface area (Å²) >= 11 is 2.70. The van der Waals surface area contributed by atoms with Gasteiger partial charge >= 0.3 is 17.9 Å². The lowest BCUT2D eigenvalue weighted by molar-refractivity contribution is -0.297. The second-order valence-electron chi connectivity index (χ2n) is 4.62. The molecule has 0 radical (unpaired) electrons. The third kappa shape index (κ3) is 4.89. The minimum Gasteiger partial charge on any atom is -0.463 e. The van der Waals surface area contributed by atoms with Gasteiger partial charge in [-0.3, -0.25) is 14.4 Å². The molecule has 0 amide bonds. The summed E-state index contributed by atoms with van der Waals surface area (Å²) in [5, 5.41) is 10.0. The van der Waals surface area contributed by atoms with Gasteiger partial charge in [0.1, 0.15) is 12.7 Å². The highest BCUT2D eigenvalue weighted by Crippen LogP contribution is 2.37. The number of carbonyl (C=O) groups is 3. The molecule has 0 spiro atoms. The van der Waals surface area contributed by atoms with Crippen molar-refractivity contribution in [1.82, 2.24) is 0 Å². The predicted molar refractivity (Wildman–Crippen MR) is 71.4 cm³/mol. The Kier molecular flexibility index (Phi) is 6.27. The number of aliphatic hydroxyl groups is 1. The molecule has 1 saturated heterocycles. The number of hydrogen-bond donors (Lipinski definition) is 1. The van der Waals surface area contributed by atoms with E-state index in [0.717, 1.165) is 20.8 Å². The average molecular weight is 387 g/mol. The highest BCUT2D eigenvalue weighted by Gasteiger charge is 2.57. The smallest absolute Gasteiger partial charge is 0.303 e. The molecule has 0 bridgehead atoms. The van der Waals surface area contributed by atoms with Crippen LogP contribution in [0.2, 0.25) is 0 Å². The first-order valence-corrected chi connectivity index (χ1v) is 7.05. The summed E-state index contributed by atoms with van der Waals surface area (Å²) in [7, 11) is 0. The van der Waals surface area contributed by atoms with E-state index in [1.165, 1.54) is 0 Å². The predicted octanol–water partition coefficient (Wildman–Crippen LogP) is 0.191. The molecule has 0 aromatic carbocycles. The van der Waals surface area contributed by atoms with Crippen molar-refractivity contribution in [2.75, 3.05) is 6.61 Å². The van der Waals surface area contributed by atoms with Crippen LogP contribution < -0.4 is 0 Å². The number of hydrogen-bond acceptors (Lipinski definition) is 8. The number of rotatable bonds is 4. The normalized spacial score (nSPS) is 34.6. The quantitative estimate of drug-likeness (QED) is 0.414. The molecule has 8 nitrogen and oxygen atoms in total. The standard InChI is InChI=1S/C12H16BrFO8/c1-5(15)19-4-8-10(20-6(2)16)9(14)11(21-7(3)17)12(13,18)22-8/h8-11,18H,4H2,1-3H3/t8-,9+,10+,11-,12-/m1/s1. The van der Waals surface area contributed by atoms with E-state index in [4.69, 9.17) is 9.47 Å². The van der Waals surface area contributed by atoms with Crippen LogP contribution in [0, 0.1) is 0 Å². The molecule has 1 fully saturated rings. The molecule has 0 aromatic rings. The fraction of sp³-hybridized carbons (Fsp3) is 0.750. The van der Waals surface area contributed by atoms with Gasteiger partial charge in [0.05, 0.1) is 0 Å². The van der Waals surface area contributed by atoms with Crippen LogP contribution in [0.5, 0.6) is 0 Å². The second kappa shape index (κ2) is 7.34. The summed E-state index contributed by atoms with van der Waals surface area (Å²) in [5.74, 6) is -2.35. The van der Waals surface area contributed by atoms with Gasteiger partial charge in [0.2, 0.25) is 6.10 Å². The molecule has 22 heavy (non-hydrogen) atoms. The Hall–Kier alpha value is -1.26.